The molecule has 0 aromatic heterocycles. The molecule has 0 fully saturated rings. The maximum absolute atomic E-state index is 5.79. The van der Waals surface area contributed by atoms with Crippen molar-refractivity contribution in [2.45, 2.75) is 12.5 Å². The van der Waals surface area contributed by atoms with Crippen molar-refractivity contribution in [1.82, 2.24) is 0 Å². The van der Waals surface area contributed by atoms with Gasteiger partial charge in [-0.05, 0) is 11.6 Å². The first-order valence-electron chi connectivity index (χ1n) is 4.92. The van der Waals surface area contributed by atoms with Crippen LogP contribution in [0.25, 0.3) is 0 Å². The number of hydrogen-bond acceptors (Lipinski definition) is 3. The van der Waals surface area contributed by atoms with Crippen LogP contribution in [0.2, 0.25) is 0 Å². The lowest BCUT2D eigenvalue weighted by Gasteiger charge is -2.09. The van der Waals surface area contributed by atoms with Crippen LogP contribution < -0.4 is 10.5 Å². The lowest BCUT2D eigenvalue weighted by Crippen LogP contribution is -2.17. The molecule has 1 heterocycles. The van der Waals surface area contributed by atoms with Crippen LogP contribution in [-0.4, -0.2) is 24.2 Å². The number of ether oxygens (including phenoxy) is 1. The van der Waals surface area contributed by atoms with Crippen LogP contribution in [0.4, 0.5) is 0 Å². The van der Waals surface area contributed by atoms with Crippen LogP contribution in [0.5, 0.6) is 5.75 Å². The maximum Gasteiger partial charge on any atom is 0.123 e. The van der Waals surface area contributed by atoms with E-state index in [0.29, 0.717) is 6.10 Å². The lowest BCUT2D eigenvalue weighted by molar-refractivity contribution is 0.259. The predicted octanol–water partition coefficient (Wildman–Crippen LogP) is 1.68. The average molecular weight is 209 g/mol. The van der Waals surface area contributed by atoms with E-state index in [1.165, 1.54) is 5.56 Å². The minimum Gasteiger partial charge on any atom is -0.489 e. The zero-order valence-electron chi connectivity index (χ0n) is 8.11. The van der Waals surface area contributed by atoms with Crippen LogP contribution in [-0.2, 0) is 6.42 Å². The van der Waals surface area contributed by atoms with Crippen LogP contribution >= 0.6 is 11.8 Å². The standard InChI is InChI=1S/C11H15NOS/c12-5-6-14-8-10-7-9-3-1-2-4-11(9)13-10/h1-4,10H,5-8,12H2. The number of hydrogen-bond donors (Lipinski definition) is 1. The summed E-state index contributed by atoms with van der Waals surface area (Å²) < 4.78 is 5.79. The summed E-state index contributed by atoms with van der Waals surface area (Å²) in [5, 5.41) is 0. The molecule has 0 saturated carbocycles. The van der Waals surface area contributed by atoms with Gasteiger partial charge in [0.25, 0.3) is 0 Å². The molecule has 1 atom stereocenters. The van der Waals surface area contributed by atoms with E-state index in [1.54, 1.807) is 0 Å². The predicted molar refractivity (Wildman–Crippen MR) is 60.9 cm³/mol. The highest BCUT2D eigenvalue weighted by atomic mass is 32.2. The molecule has 1 aliphatic heterocycles. The smallest absolute Gasteiger partial charge is 0.123 e. The second kappa shape index (κ2) is 4.71. The highest BCUT2D eigenvalue weighted by Crippen LogP contribution is 2.29. The Bertz CT molecular complexity index is 278. The van der Waals surface area contributed by atoms with E-state index in [0.717, 1.165) is 30.2 Å². The van der Waals surface area contributed by atoms with Crippen LogP contribution in [0.3, 0.4) is 0 Å². The topological polar surface area (TPSA) is 35.2 Å². The van der Waals surface area contributed by atoms with Crippen molar-refractivity contribution in [1.29, 1.82) is 0 Å². The molecule has 0 bridgehead atoms. The van der Waals surface area contributed by atoms with E-state index in [9.17, 15) is 0 Å². The van der Waals surface area contributed by atoms with Crippen molar-refractivity contribution in [3.05, 3.63) is 29.8 Å². The SMILES string of the molecule is NCCSCC1Cc2ccccc2O1. The molecule has 76 valence electrons. The fourth-order valence-corrected chi connectivity index (χ4v) is 2.43. The fraction of sp³-hybridized carbons (Fsp3) is 0.455. The van der Waals surface area contributed by atoms with Gasteiger partial charge in [0.05, 0.1) is 0 Å². The molecule has 1 aliphatic rings. The molecule has 2 N–H and O–H groups in total. The Morgan fingerprint density at radius 3 is 3.07 bits per heavy atom. The van der Waals surface area contributed by atoms with Gasteiger partial charge in [0.15, 0.2) is 0 Å². The van der Waals surface area contributed by atoms with Crippen molar-refractivity contribution in [2.24, 2.45) is 5.73 Å². The minimum atomic E-state index is 0.351. The molecule has 1 aromatic rings. The van der Waals surface area contributed by atoms with Gasteiger partial charge in [-0.3, -0.25) is 0 Å². The van der Waals surface area contributed by atoms with E-state index in [1.807, 2.05) is 23.9 Å². The number of thioether (sulfide) groups is 1. The van der Waals surface area contributed by atoms with Gasteiger partial charge in [0.1, 0.15) is 11.9 Å². The van der Waals surface area contributed by atoms with Crippen LogP contribution in [0.15, 0.2) is 24.3 Å². The average Bonchev–Trinajstić information content (AvgIpc) is 2.60. The summed E-state index contributed by atoms with van der Waals surface area (Å²) in [6.07, 6.45) is 1.40. The third-order valence-electron chi connectivity index (χ3n) is 2.28. The van der Waals surface area contributed by atoms with Gasteiger partial charge in [0, 0.05) is 24.5 Å². The van der Waals surface area contributed by atoms with Gasteiger partial charge < -0.3 is 10.5 Å². The largest absolute Gasteiger partial charge is 0.489 e. The Morgan fingerprint density at radius 2 is 2.29 bits per heavy atom. The summed E-state index contributed by atoms with van der Waals surface area (Å²) >= 11 is 1.87. The molecule has 3 heteroatoms. The Kier molecular flexibility index (Phi) is 3.32. The summed E-state index contributed by atoms with van der Waals surface area (Å²) in [7, 11) is 0. The number of rotatable bonds is 4. The Morgan fingerprint density at radius 1 is 1.43 bits per heavy atom. The number of para-hydroxylation sites is 1. The molecule has 0 radical (unpaired) electrons. The zero-order chi connectivity index (χ0) is 9.80. The van der Waals surface area contributed by atoms with E-state index < -0.39 is 0 Å². The van der Waals surface area contributed by atoms with Crippen LogP contribution in [0.1, 0.15) is 5.56 Å². The van der Waals surface area contributed by atoms with Crippen molar-refractivity contribution in [3.8, 4) is 5.75 Å². The van der Waals surface area contributed by atoms with Gasteiger partial charge in [-0.15, -0.1) is 0 Å². The molecule has 2 nitrogen and oxygen atoms in total. The summed E-state index contributed by atoms with van der Waals surface area (Å²) in [5.74, 6) is 3.13. The molecular weight excluding hydrogens is 194 g/mol. The Hall–Kier alpha value is -0.670. The third-order valence-corrected chi connectivity index (χ3v) is 3.41. The monoisotopic (exact) mass is 209 g/mol. The third kappa shape index (κ3) is 2.22. The van der Waals surface area contributed by atoms with Gasteiger partial charge in [-0.25, -0.2) is 0 Å². The summed E-state index contributed by atoms with van der Waals surface area (Å²) in [5.41, 5.74) is 6.77. The van der Waals surface area contributed by atoms with Gasteiger partial charge in [-0.2, -0.15) is 11.8 Å². The second-order valence-electron chi connectivity index (χ2n) is 3.42. The van der Waals surface area contributed by atoms with Crippen molar-refractivity contribution < 1.29 is 4.74 Å². The quantitative estimate of drug-likeness (QED) is 0.766. The molecule has 1 aromatic carbocycles. The first kappa shape index (κ1) is 9.87. The fourth-order valence-electron chi connectivity index (χ4n) is 1.65. The van der Waals surface area contributed by atoms with Gasteiger partial charge in [0.2, 0.25) is 0 Å². The van der Waals surface area contributed by atoms with E-state index >= 15 is 0 Å². The van der Waals surface area contributed by atoms with E-state index in [2.05, 4.69) is 12.1 Å². The summed E-state index contributed by atoms with van der Waals surface area (Å²) in [6, 6.07) is 8.28. The molecule has 0 saturated heterocycles. The summed E-state index contributed by atoms with van der Waals surface area (Å²) in [4.78, 5) is 0. The Labute approximate surface area is 88.8 Å². The number of benzene rings is 1. The first-order valence-corrected chi connectivity index (χ1v) is 6.08. The van der Waals surface area contributed by atoms with E-state index in [4.69, 9.17) is 10.5 Å². The van der Waals surface area contributed by atoms with Gasteiger partial charge in [-0.1, -0.05) is 18.2 Å². The molecule has 1 unspecified atom stereocenters. The summed E-state index contributed by atoms with van der Waals surface area (Å²) in [6.45, 7) is 0.754. The Balaban J connectivity index is 1.86. The van der Waals surface area contributed by atoms with Crippen molar-refractivity contribution in [3.63, 3.8) is 0 Å². The van der Waals surface area contributed by atoms with Crippen molar-refractivity contribution in [2.75, 3.05) is 18.1 Å². The minimum absolute atomic E-state index is 0.351. The molecule has 0 aliphatic carbocycles. The normalized spacial score (nSPS) is 19.1. The number of nitrogens with two attached hydrogens (primary N) is 1. The molecule has 0 amide bonds. The molecular formula is C11H15NOS. The van der Waals surface area contributed by atoms with Gasteiger partial charge >= 0.3 is 0 Å². The van der Waals surface area contributed by atoms with E-state index in [-0.39, 0.29) is 0 Å². The number of fused-ring (bicyclic) bond motifs is 1. The first-order chi connectivity index (χ1) is 6.90. The van der Waals surface area contributed by atoms with Crippen molar-refractivity contribution >= 4 is 11.8 Å². The molecule has 2 rings (SSSR count). The highest BCUT2D eigenvalue weighted by Gasteiger charge is 2.21. The molecule has 0 spiro atoms. The van der Waals surface area contributed by atoms with Crippen LogP contribution in [0, 0.1) is 0 Å². The maximum atomic E-state index is 5.79. The second-order valence-corrected chi connectivity index (χ2v) is 4.57. The molecule has 14 heavy (non-hydrogen) atoms. The highest BCUT2D eigenvalue weighted by molar-refractivity contribution is 7.99. The zero-order valence-corrected chi connectivity index (χ0v) is 8.93. The lowest BCUT2D eigenvalue weighted by atomic mass is 10.1.